The van der Waals surface area contributed by atoms with Gasteiger partial charge in [0.25, 0.3) is 0 Å². The van der Waals surface area contributed by atoms with E-state index >= 15 is 0 Å². The first-order chi connectivity index (χ1) is 14.1. The molecule has 0 radical (unpaired) electrons. The molecule has 0 amide bonds. The molecule has 0 saturated heterocycles. The Labute approximate surface area is 173 Å². The Balaban J connectivity index is 1.83. The number of rotatable bonds is 5. The fourth-order valence-corrected chi connectivity index (χ4v) is 3.50. The van der Waals surface area contributed by atoms with Gasteiger partial charge in [-0.05, 0) is 73.0 Å². The lowest BCUT2D eigenvalue weighted by Gasteiger charge is -2.26. The zero-order valence-corrected chi connectivity index (χ0v) is 17.0. The van der Waals surface area contributed by atoms with Gasteiger partial charge in [0.05, 0.1) is 0 Å². The molecule has 142 valence electrons. The Morgan fingerprint density at radius 3 is 1.66 bits per heavy atom. The molecule has 0 unspecified atom stereocenters. The van der Waals surface area contributed by atoms with Crippen LogP contribution >= 0.6 is 0 Å². The third kappa shape index (κ3) is 4.14. The van der Waals surface area contributed by atoms with Crippen LogP contribution in [0, 0.1) is 13.8 Å². The summed E-state index contributed by atoms with van der Waals surface area (Å²) in [5.74, 6) is 0. The van der Waals surface area contributed by atoms with Gasteiger partial charge in [-0.15, -0.1) is 0 Å². The molecule has 0 spiro atoms. The standard InChI is InChI=1S/C28H25N/c1-4-23-7-5-8-24(19-23)25-9-6-10-28(20-25)29(26-15-11-21(2)12-16-26)27-17-13-22(3)14-18-27/h4-20H,1H2,2-3H3. The molecule has 0 aliphatic heterocycles. The highest BCUT2D eigenvalue weighted by Crippen LogP contribution is 2.36. The summed E-state index contributed by atoms with van der Waals surface area (Å²) in [5.41, 5.74) is 9.46. The monoisotopic (exact) mass is 375 g/mol. The number of aryl methyl sites for hydroxylation is 2. The van der Waals surface area contributed by atoms with Crippen LogP contribution in [0.15, 0.2) is 104 Å². The van der Waals surface area contributed by atoms with Crippen LogP contribution < -0.4 is 4.90 Å². The Morgan fingerprint density at radius 2 is 1.10 bits per heavy atom. The minimum atomic E-state index is 1.13. The Kier molecular flexibility index (Phi) is 5.31. The first-order valence-corrected chi connectivity index (χ1v) is 9.90. The molecule has 1 nitrogen and oxygen atoms in total. The van der Waals surface area contributed by atoms with Crippen molar-refractivity contribution in [3.05, 3.63) is 120 Å². The van der Waals surface area contributed by atoms with Crippen LogP contribution in [0.3, 0.4) is 0 Å². The van der Waals surface area contributed by atoms with Crippen molar-refractivity contribution in [2.24, 2.45) is 0 Å². The van der Waals surface area contributed by atoms with Crippen molar-refractivity contribution >= 4 is 23.1 Å². The maximum absolute atomic E-state index is 3.90. The Morgan fingerprint density at radius 1 is 0.586 bits per heavy atom. The molecular weight excluding hydrogens is 350 g/mol. The molecule has 0 N–H and O–H groups in total. The second-order valence-electron chi connectivity index (χ2n) is 7.39. The third-order valence-corrected chi connectivity index (χ3v) is 5.14. The third-order valence-electron chi connectivity index (χ3n) is 5.14. The van der Waals surface area contributed by atoms with Crippen molar-refractivity contribution in [1.29, 1.82) is 0 Å². The van der Waals surface area contributed by atoms with E-state index in [-0.39, 0.29) is 0 Å². The highest BCUT2D eigenvalue weighted by atomic mass is 15.1. The molecular formula is C28H25N. The molecule has 0 aliphatic rings. The van der Waals surface area contributed by atoms with E-state index in [4.69, 9.17) is 0 Å². The Bertz CT molecular complexity index is 1080. The average molecular weight is 376 g/mol. The first kappa shape index (κ1) is 18.8. The van der Waals surface area contributed by atoms with E-state index in [9.17, 15) is 0 Å². The summed E-state index contributed by atoms with van der Waals surface area (Å²) in [6.07, 6.45) is 1.89. The van der Waals surface area contributed by atoms with Gasteiger partial charge in [0, 0.05) is 17.1 Å². The second kappa shape index (κ2) is 8.20. The zero-order valence-electron chi connectivity index (χ0n) is 17.0. The SMILES string of the molecule is C=Cc1cccc(-c2cccc(N(c3ccc(C)cc3)c3ccc(C)cc3)c2)c1. The van der Waals surface area contributed by atoms with Crippen molar-refractivity contribution in [3.8, 4) is 11.1 Å². The summed E-state index contributed by atoms with van der Waals surface area (Å²) in [6, 6.07) is 34.5. The van der Waals surface area contributed by atoms with E-state index in [1.165, 1.54) is 22.3 Å². The van der Waals surface area contributed by atoms with Crippen LogP contribution in [0.5, 0.6) is 0 Å². The predicted molar refractivity (Wildman–Crippen MR) is 126 cm³/mol. The van der Waals surface area contributed by atoms with E-state index < -0.39 is 0 Å². The predicted octanol–water partition coefficient (Wildman–Crippen LogP) is 8.08. The van der Waals surface area contributed by atoms with Gasteiger partial charge in [0.2, 0.25) is 0 Å². The van der Waals surface area contributed by atoms with Crippen molar-refractivity contribution < 1.29 is 0 Å². The highest BCUT2D eigenvalue weighted by molar-refractivity contribution is 5.80. The lowest BCUT2D eigenvalue weighted by atomic mass is 10.0. The van der Waals surface area contributed by atoms with Crippen LogP contribution in [0.4, 0.5) is 17.1 Å². The number of benzene rings is 4. The van der Waals surface area contributed by atoms with Gasteiger partial charge in [-0.2, -0.15) is 0 Å². The first-order valence-electron chi connectivity index (χ1n) is 9.90. The normalized spacial score (nSPS) is 10.6. The summed E-state index contributed by atoms with van der Waals surface area (Å²) in [5, 5.41) is 0. The topological polar surface area (TPSA) is 3.24 Å². The van der Waals surface area contributed by atoms with Crippen LogP contribution in [-0.2, 0) is 0 Å². The van der Waals surface area contributed by atoms with Gasteiger partial charge in [0.15, 0.2) is 0 Å². The van der Waals surface area contributed by atoms with E-state index in [2.05, 4.69) is 122 Å². The largest absolute Gasteiger partial charge is 0.310 e. The van der Waals surface area contributed by atoms with Gasteiger partial charge in [0.1, 0.15) is 0 Å². The molecule has 0 heterocycles. The van der Waals surface area contributed by atoms with Crippen molar-refractivity contribution in [1.82, 2.24) is 0 Å². The number of hydrogen-bond donors (Lipinski definition) is 0. The van der Waals surface area contributed by atoms with Crippen LogP contribution in [-0.4, -0.2) is 0 Å². The molecule has 0 aromatic heterocycles. The van der Waals surface area contributed by atoms with Crippen molar-refractivity contribution in [2.75, 3.05) is 4.90 Å². The lowest BCUT2D eigenvalue weighted by Crippen LogP contribution is -2.10. The fraction of sp³-hybridized carbons (Fsp3) is 0.0714. The molecule has 4 aromatic carbocycles. The van der Waals surface area contributed by atoms with Crippen molar-refractivity contribution in [2.45, 2.75) is 13.8 Å². The molecule has 4 aromatic rings. The minimum absolute atomic E-state index is 1.13. The summed E-state index contributed by atoms with van der Waals surface area (Å²) in [7, 11) is 0. The summed E-state index contributed by atoms with van der Waals surface area (Å²) < 4.78 is 0. The molecule has 0 saturated carbocycles. The van der Waals surface area contributed by atoms with E-state index in [0.717, 1.165) is 22.6 Å². The molecule has 0 aliphatic carbocycles. The molecule has 0 atom stereocenters. The van der Waals surface area contributed by atoms with Gasteiger partial charge >= 0.3 is 0 Å². The molecule has 4 rings (SSSR count). The van der Waals surface area contributed by atoms with E-state index in [1.807, 2.05) is 6.08 Å². The van der Waals surface area contributed by atoms with Gasteiger partial charge in [-0.25, -0.2) is 0 Å². The number of anilines is 3. The molecule has 1 heteroatoms. The van der Waals surface area contributed by atoms with Crippen LogP contribution in [0.1, 0.15) is 16.7 Å². The molecule has 0 bridgehead atoms. The molecule has 29 heavy (non-hydrogen) atoms. The number of hydrogen-bond acceptors (Lipinski definition) is 1. The quantitative estimate of drug-likeness (QED) is 0.341. The number of nitrogens with zero attached hydrogens (tertiary/aromatic N) is 1. The maximum Gasteiger partial charge on any atom is 0.0467 e. The van der Waals surface area contributed by atoms with Crippen LogP contribution in [0.2, 0.25) is 0 Å². The average Bonchev–Trinajstić information content (AvgIpc) is 2.77. The minimum Gasteiger partial charge on any atom is -0.310 e. The van der Waals surface area contributed by atoms with Gasteiger partial charge in [-0.3, -0.25) is 0 Å². The fourth-order valence-electron chi connectivity index (χ4n) is 3.50. The van der Waals surface area contributed by atoms with E-state index in [1.54, 1.807) is 0 Å². The smallest absolute Gasteiger partial charge is 0.0467 e. The lowest BCUT2D eigenvalue weighted by molar-refractivity contribution is 1.27. The second-order valence-corrected chi connectivity index (χ2v) is 7.39. The Hall–Kier alpha value is -3.58. The van der Waals surface area contributed by atoms with Gasteiger partial charge in [-0.1, -0.05) is 78.4 Å². The van der Waals surface area contributed by atoms with E-state index in [0.29, 0.717) is 0 Å². The summed E-state index contributed by atoms with van der Waals surface area (Å²) in [4.78, 5) is 2.31. The maximum atomic E-state index is 3.90. The van der Waals surface area contributed by atoms with Crippen molar-refractivity contribution in [3.63, 3.8) is 0 Å². The summed E-state index contributed by atoms with van der Waals surface area (Å²) >= 11 is 0. The summed E-state index contributed by atoms with van der Waals surface area (Å²) in [6.45, 7) is 8.13. The highest BCUT2D eigenvalue weighted by Gasteiger charge is 2.13. The van der Waals surface area contributed by atoms with Crippen LogP contribution in [0.25, 0.3) is 17.2 Å². The van der Waals surface area contributed by atoms with Gasteiger partial charge < -0.3 is 4.90 Å². The molecule has 0 fully saturated rings. The zero-order chi connectivity index (χ0) is 20.2.